The second kappa shape index (κ2) is 12.4. The first-order valence-corrected chi connectivity index (χ1v) is 6.65. The Morgan fingerprint density at radius 2 is 1.44 bits per heavy atom. The number of carboxylic acids is 1. The molecule has 0 aliphatic carbocycles. The maximum absolute atomic E-state index is 11.3. The summed E-state index contributed by atoms with van der Waals surface area (Å²) in [5.74, 6) is -0.950. The molecular formula is C13H24O5. The molecule has 0 rings (SSSR count). The van der Waals surface area contributed by atoms with Gasteiger partial charge in [0.15, 0.2) is 0 Å². The Balaban J connectivity index is 3.19. The van der Waals surface area contributed by atoms with E-state index in [4.69, 9.17) is 14.9 Å². The average molecular weight is 260 g/mol. The summed E-state index contributed by atoms with van der Waals surface area (Å²) < 4.78 is 5.02. The van der Waals surface area contributed by atoms with E-state index in [1.807, 2.05) is 0 Å². The molecule has 2 N–H and O–H groups in total. The number of unbranched alkanes of at least 4 members (excludes halogenated alkanes) is 5. The van der Waals surface area contributed by atoms with Gasteiger partial charge < -0.3 is 14.9 Å². The molecule has 0 atom stereocenters. The Morgan fingerprint density at radius 1 is 0.833 bits per heavy atom. The fourth-order valence-electron chi connectivity index (χ4n) is 1.55. The van der Waals surface area contributed by atoms with E-state index in [1.54, 1.807) is 0 Å². The van der Waals surface area contributed by atoms with E-state index in [2.05, 4.69) is 0 Å². The first-order valence-electron chi connectivity index (χ1n) is 6.65. The van der Waals surface area contributed by atoms with Crippen molar-refractivity contribution in [3.63, 3.8) is 0 Å². The van der Waals surface area contributed by atoms with E-state index in [1.165, 1.54) is 0 Å². The lowest BCUT2D eigenvalue weighted by atomic mass is 10.1. The number of hydrogen-bond donors (Lipinski definition) is 2. The smallest absolute Gasteiger partial charge is 0.305 e. The Hall–Kier alpha value is -1.10. The molecule has 0 heterocycles. The van der Waals surface area contributed by atoms with Gasteiger partial charge >= 0.3 is 11.9 Å². The van der Waals surface area contributed by atoms with Crippen LogP contribution in [0.15, 0.2) is 0 Å². The third-order valence-corrected chi connectivity index (χ3v) is 2.59. The summed E-state index contributed by atoms with van der Waals surface area (Å²) in [5.41, 5.74) is 0. The number of aliphatic hydroxyl groups is 1. The number of carbonyl (C=O) groups is 2. The quantitative estimate of drug-likeness (QED) is 0.415. The zero-order chi connectivity index (χ0) is 13.6. The largest absolute Gasteiger partial charge is 0.481 e. The normalized spacial score (nSPS) is 10.3. The molecule has 0 fully saturated rings. The molecule has 18 heavy (non-hydrogen) atoms. The molecule has 0 saturated carbocycles. The lowest BCUT2D eigenvalue weighted by Gasteiger charge is -2.04. The van der Waals surface area contributed by atoms with Crippen molar-refractivity contribution in [1.29, 1.82) is 0 Å². The Kier molecular flexibility index (Phi) is 11.6. The number of carbonyl (C=O) groups excluding carboxylic acids is 1. The molecule has 0 bridgehead atoms. The monoisotopic (exact) mass is 260 g/mol. The first kappa shape index (κ1) is 16.9. The van der Waals surface area contributed by atoms with Crippen molar-refractivity contribution in [3.8, 4) is 0 Å². The molecule has 0 aromatic carbocycles. The van der Waals surface area contributed by atoms with E-state index >= 15 is 0 Å². The second-order valence-corrected chi connectivity index (χ2v) is 4.31. The number of aliphatic hydroxyl groups excluding tert-OH is 1. The van der Waals surface area contributed by atoms with Gasteiger partial charge in [0.25, 0.3) is 0 Å². The zero-order valence-corrected chi connectivity index (χ0v) is 10.9. The van der Waals surface area contributed by atoms with Gasteiger partial charge in [0.05, 0.1) is 6.61 Å². The number of esters is 1. The van der Waals surface area contributed by atoms with Gasteiger partial charge in [-0.05, 0) is 32.1 Å². The Morgan fingerprint density at radius 3 is 2.06 bits per heavy atom. The summed E-state index contributed by atoms with van der Waals surface area (Å²) in [6.45, 7) is 0.613. The molecule has 0 aliphatic heterocycles. The lowest BCUT2D eigenvalue weighted by molar-refractivity contribution is -0.144. The summed E-state index contributed by atoms with van der Waals surface area (Å²) in [6.07, 6.45) is 6.18. The first-order chi connectivity index (χ1) is 8.66. The second-order valence-electron chi connectivity index (χ2n) is 4.31. The third-order valence-electron chi connectivity index (χ3n) is 2.59. The molecule has 106 valence electrons. The van der Waals surface area contributed by atoms with Gasteiger partial charge in [-0.2, -0.15) is 0 Å². The highest BCUT2D eigenvalue weighted by atomic mass is 16.5. The van der Waals surface area contributed by atoms with Crippen LogP contribution in [0.5, 0.6) is 0 Å². The van der Waals surface area contributed by atoms with Gasteiger partial charge in [0.1, 0.15) is 0 Å². The van der Waals surface area contributed by atoms with E-state index in [0.29, 0.717) is 19.4 Å². The van der Waals surface area contributed by atoms with Crippen LogP contribution in [-0.2, 0) is 14.3 Å². The minimum Gasteiger partial charge on any atom is -0.481 e. The van der Waals surface area contributed by atoms with Crippen molar-refractivity contribution in [2.45, 2.75) is 57.8 Å². The van der Waals surface area contributed by atoms with Crippen LogP contribution in [0.25, 0.3) is 0 Å². The molecule has 0 unspecified atom stereocenters. The summed E-state index contributed by atoms with van der Waals surface area (Å²) in [6, 6.07) is 0. The summed E-state index contributed by atoms with van der Waals surface area (Å²) in [4.78, 5) is 21.5. The average Bonchev–Trinajstić information content (AvgIpc) is 2.33. The van der Waals surface area contributed by atoms with E-state index in [9.17, 15) is 9.59 Å². The van der Waals surface area contributed by atoms with Gasteiger partial charge in [-0.15, -0.1) is 0 Å². The van der Waals surface area contributed by atoms with Gasteiger partial charge in [-0.25, -0.2) is 0 Å². The summed E-state index contributed by atoms with van der Waals surface area (Å²) >= 11 is 0. The molecule has 0 aliphatic rings. The van der Waals surface area contributed by atoms with Crippen LogP contribution in [0.4, 0.5) is 0 Å². The van der Waals surface area contributed by atoms with Crippen LogP contribution in [-0.4, -0.2) is 35.4 Å². The van der Waals surface area contributed by atoms with E-state index in [-0.39, 0.29) is 19.0 Å². The minimum absolute atomic E-state index is 0.183. The van der Waals surface area contributed by atoms with Crippen molar-refractivity contribution < 1.29 is 24.5 Å². The maximum atomic E-state index is 11.3. The van der Waals surface area contributed by atoms with Crippen LogP contribution >= 0.6 is 0 Å². The number of ether oxygens (including phenoxy) is 1. The molecule has 0 amide bonds. The third kappa shape index (κ3) is 13.0. The van der Waals surface area contributed by atoms with Crippen molar-refractivity contribution in [1.82, 2.24) is 0 Å². The van der Waals surface area contributed by atoms with Crippen LogP contribution in [0, 0.1) is 0 Å². The molecule has 5 nitrogen and oxygen atoms in total. The fraction of sp³-hybridized carbons (Fsp3) is 0.846. The Bertz CT molecular complexity index is 227. The summed E-state index contributed by atoms with van der Waals surface area (Å²) in [7, 11) is 0. The topological polar surface area (TPSA) is 83.8 Å². The van der Waals surface area contributed by atoms with Gasteiger partial charge in [-0.1, -0.05) is 12.8 Å². The van der Waals surface area contributed by atoms with E-state index in [0.717, 1.165) is 38.5 Å². The van der Waals surface area contributed by atoms with Gasteiger partial charge in [0.2, 0.25) is 0 Å². The molecule has 0 saturated heterocycles. The predicted octanol–water partition coefficient (Wildman–Crippen LogP) is 2.12. The Labute approximate surface area is 108 Å². The highest BCUT2D eigenvalue weighted by molar-refractivity contribution is 5.69. The van der Waals surface area contributed by atoms with Gasteiger partial charge in [0, 0.05) is 19.4 Å². The fourth-order valence-corrected chi connectivity index (χ4v) is 1.55. The number of aliphatic carboxylic acids is 1. The highest BCUT2D eigenvalue weighted by Gasteiger charge is 2.02. The molecule has 0 spiro atoms. The van der Waals surface area contributed by atoms with Crippen molar-refractivity contribution in [2.24, 2.45) is 0 Å². The van der Waals surface area contributed by atoms with Gasteiger partial charge in [-0.3, -0.25) is 9.59 Å². The summed E-state index contributed by atoms with van der Waals surface area (Å²) in [5, 5.41) is 17.0. The molecule has 0 aromatic rings. The maximum Gasteiger partial charge on any atom is 0.305 e. The highest BCUT2D eigenvalue weighted by Crippen LogP contribution is 2.06. The van der Waals surface area contributed by atoms with Crippen LogP contribution in [0.1, 0.15) is 57.8 Å². The lowest BCUT2D eigenvalue weighted by Crippen LogP contribution is -2.05. The van der Waals surface area contributed by atoms with Crippen molar-refractivity contribution in [3.05, 3.63) is 0 Å². The number of rotatable bonds is 12. The van der Waals surface area contributed by atoms with E-state index < -0.39 is 5.97 Å². The number of carboxylic acid groups (broad SMARTS) is 1. The number of hydrogen-bond acceptors (Lipinski definition) is 4. The standard InChI is InChI=1S/C13H24O5/c14-10-6-3-7-11-18-13(17)9-5-2-1-4-8-12(15)16/h14H,1-11H2,(H,15,16). The molecular weight excluding hydrogens is 236 g/mol. The van der Waals surface area contributed by atoms with Crippen LogP contribution in [0.2, 0.25) is 0 Å². The van der Waals surface area contributed by atoms with Crippen molar-refractivity contribution >= 4 is 11.9 Å². The zero-order valence-electron chi connectivity index (χ0n) is 10.9. The minimum atomic E-state index is -0.766. The molecule has 5 heteroatoms. The molecule has 0 radical (unpaired) electrons. The SMILES string of the molecule is O=C(O)CCCCCCC(=O)OCCCCCO. The molecule has 0 aromatic heterocycles. The van der Waals surface area contributed by atoms with Crippen LogP contribution < -0.4 is 0 Å². The van der Waals surface area contributed by atoms with Crippen LogP contribution in [0.3, 0.4) is 0 Å². The van der Waals surface area contributed by atoms with Crippen molar-refractivity contribution in [2.75, 3.05) is 13.2 Å². The predicted molar refractivity (Wildman–Crippen MR) is 67.2 cm³/mol.